The third-order valence-corrected chi connectivity index (χ3v) is 4.27. The van der Waals surface area contributed by atoms with Gasteiger partial charge in [0.15, 0.2) is 11.6 Å². The van der Waals surface area contributed by atoms with E-state index in [9.17, 15) is 12.8 Å². The van der Waals surface area contributed by atoms with Crippen molar-refractivity contribution in [1.29, 1.82) is 0 Å². The Bertz CT molecular complexity index is 503. The molecule has 0 aliphatic heterocycles. The van der Waals surface area contributed by atoms with Gasteiger partial charge in [0.2, 0.25) is 10.0 Å². The quantitative estimate of drug-likeness (QED) is 0.743. The minimum Gasteiger partial charge on any atom is -0.505 e. The lowest BCUT2D eigenvalue weighted by molar-refractivity contribution is 0.431. The minimum atomic E-state index is -3.21. The van der Waals surface area contributed by atoms with E-state index in [1.165, 1.54) is 26.2 Å². The van der Waals surface area contributed by atoms with Gasteiger partial charge in [-0.15, -0.1) is 0 Å². The average molecular weight is 276 g/mol. The van der Waals surface area contributed by atoms with E-state index in [-0.39, 0.29) is 12.3 Å². The molecule has 0 radical (unpaired) electrons. The van der Waals surface area contributed by atoms with E-state index in [2.05, 4.69) is 5.32 Å². The topological polar surface area (TPSA) is 69.6 Å². The summed E-state index contributed by atoms with van der Waals surface area (Å²) in [4.78, 5) is 0. The number of phenols is 1. The predicted octanol–water partition coefficient (Wildman–Crippen LogP) is 0.512. The number of hydrogen-bond donors (Lipinski definition) is 2. The van der Waals surface area contributed by atoms with Crippen LogP contribution in [0.4, 0.5) is 4.39 Å². The first-order valence-corrected chi connectivity index (χ1v) is 7.02. The number of hydrogen-bond acceptors (Lipinski definition) is 4. The zero-order valence-electron chi connectivity index (χ0n) is 10.4. The van der Waals surface area contributed by atoms with Crippen molar-refractivity contribution in [2.75, 3.05) is 26.4 Å². The maximum atomic E-state index is 13.0. The number of aromatic hydroxyl groups is 1. The highest BCUT2D eigenvalue weighted by Gasteiger charge is 2.12. The second-order valence-corrected chi connectivity index (χ2v) is 6.36. The van der Waals surface area contributed by atoms with Crippen LogP contribution in [0.3, 0.4) is 0 Å². The molecule has 1 aromatic carbocycles. The summed E-state index contributed by atoms with van der Waals surface area (Å²) in [5, 5.41) is 11.9. The van der Waals surface area contributed by atoms with Gasteiger partial charge in [0.25, 0.3) is 0 Å². The third kappa shape index (κ3) is 4.25. The Labute approximate surface area is 106 Å². The highest BCUT2D eigenvalue weighted by Crippen LogP contribution is 2.15. The molecule has 0 aliphatic carbocycles. The monoisotopic (exact) mass is 276 g/mol. The largest absolute Gasteiger partial charge is 0.505 e. The van der Waals surface area contributed by atoms with Crippen molar-refractivity contribution in [2.45, 2.75) is 6.54 Å². The van der Waals surface area contributed by atoms with Crippen molar-refractivity contribution in [1.82, 2.24) is 9.62 Å². The Morgan fingerprint density at radius 1 is 1.39 bits per heavy atom. The van der Waals surface area contributed by atoms with Gasteiger partial charge in [-0.1, -0.05) is 6.07 Å². The Hall–Kier alpha value is -1.18. The Morgan fingerprint density at radius 2 is 2.06 bits per heavy atom. The molecule has 0 spiro atoms. The molecule has 0 saturated heterocycles. The number of benzene rings is 1. The molecule has 0 heterocycles. The molecule has 18 heavy (non-hydrogen) atoms. The van der Waals surface area contributed by atoms with Crippen LogP contribution in [0.25, 0.3) is 0 Å². The molecule has 7 heteroatoms. The molecule has 0 amide bonds. The van der Waals surface area contributed by atoms with Gasteiger partial charge in [-0.3, -0.25) is 0 Å². The van der Waals surface area contributed by atoms with Crippen molar-refractivity contribution in [3.63, 3.8) is 0 Å². The Morgan fingerprint density at radius 3 is 2.61 bits per heavy atom. The van der Waals surface area contributed by atoms with Crippen LogP contribution in [0.5, 0.6) is 5.75 Å². The fourth-order valence-electron chi connectivity index (χ4n) is 1.28. The molecular formula is C11H17FN2O3S. The highest BCUT2D eigenvalue weighted by molar-refractivity contribution is 7.89. The second kappa shape index (κ2) is 6.12. The maximum absolute atomic E-state index is 13.0. The summed E-state index contributed by atoms with van der Waals surface area (Å²) < 4.78 is 37.0. The summed E-state index contributed by atoms with van der Waals surface area (Å²) in [6.45, 7) is 0.628. The number of sulfonamides is 1. The molecule has 0 aliphatic rings. The van der Waals surface area contributed by atoms with Crippen LogP contribution < -0.4 is 5.32 Å². The molecule has 0 aromatic heterocycles. The molecule has 0 atom stereocenters. The van der Waals surface area contributed by atoms with Crippen molar-refractivity contribution >= 4 is 10.0 Å². The molecule has 1 rings (SSSR count). The molecule has 2 N–H and O–H groups in total. The first kappa shape index (κ1) is 14.9. The number of nitrogens with one attached hydrogen (secondary N) is 1. The summed E-state index contributed by atoms with van der Waals surface area (Å²) in [6, 6.07) is 4.05. The molecule has 0 fully saturated rings. The number of phenolic OH excluding ortho intramolecular Hbond substituents is 1. The van der Waals surface area contributed by atoms with Crippen LogP contribution in [-0.4, -0.2) is 44.2 Å². The fourth-order valence-corrected chi connectivity index (χ4v) is 2.04. The van der Waals surface area contributed by atoms with E-state index < -0.39 is 21.6 Å². The average Bonchev–Trinajstić information content (AvgIpc) is 2.29. The number of nitrogens with zero attached hydrogens (tertiary/aromatic N) is 1. The normalized spacial score (nSPS) is 12.0. The van der Waals surface area contributed by atoms with Crippen LogP contribution in [0, 0.1) is 5.82 Å². The summed E-state index contributed by atoms with van der Waals surface area (Å²) in [5.74, 6) is -1.09. The van der Waals surface area contributed by atoms with Crippen molar-refractivity contribution in [3.8, 4) is 5.75 Å². The molecule has 0 bridgehead atoms. The van der Waals surface area contributed by atoms with Crippen LogP contribution in [0.2, 0.25) is 0 Å². The molecule has 5 nitrogen and oxygen atoms in total. The predicted molar refractivity (Wildman–Crippen MR) is 67.2 cm³/mol. The second-order valence-electron chi connectivity index (χ2n) is 4.06. The minimum absolute atomic E-state index is 0.0133. The van der Waals surface area contributed by atoms with Crippen LogP contribution >= 0.6 is 0 Å². The first-order valence-electron chi connectivity index (χ1n) is 5.41. The van der Waals surface area contributed by atoms with E-state index in [0.29, 0.717) is 12.1 Å². The third-order valence-electron chi connectivity index (χ3n) is 2.43. The zero-order chi connectivity index (χ0) is 13.8. The van der Waals surface area contributed by atoms with E-state index in [0.717, 1.165) is 4.31 Å². The van der Waals surface area contributed by atoms with Crippen LogP contribution in [-0.2, 0) is 16.6 Å². The molecule has 0 saturated carbocycles. The van der Waals surface area contributed by atoms with Gasteiger partial charge in [0.05, 0.1) is 5.75 Å². The first-order chi connectivity index (χ1) is 8.33. The fraction of sp³-hybridized carbons (Fsp3) is 0.455. The number of halogens is 1. The lowest BCUT2D eigenvalue weighted by atomic mass is 10.2. The SMILES string of the molecule is CN(C)S(=O)(=O)CCNCc1ccc(O)c(F)c1. The van der Waals surface area contributed by atoms with Crippen LogP contribution in [0.15, 0.2) is 18.2 Å². The molecular weight excluding hydrogens is 259 g/mol. The molecule has 102 valence electrons. The smallest absolute Gasteiger partial charge is 0.214 e. The lowest BCUT2D eigenvalue weighted by Gasteiger charge is -2.11. The standard InChI is InChI=1S/C11H17FN2O3S/c1-14(2)18(16,17)6-5-13-8-9-3-4-11(15)10(12)7-9/h3-4,7,13,15H,5-6,8H2,1-2H3. The van der Waals surface area contributed by atoms with Gasteiger partial charge >= 0.3 is 0 Å². The molecule has 1 aromatic rings. The summed E-state index contributed by atoms with van der Waals surface area (Å²) >= 11 is 0. The van der Waals surface area contributed by atoms with E-state index in [1.807, 2.05) is 0 Å². The summed E-state index contributed by atoms with van der Waals surface area (Å²) in [7, 11) is -0.257. The van der Waals surface area contributed by atoms with Crippen molar-refractivity contribution in [3.05, 3.63) is 29.6 Å². The van der Waals surface area contributed by atoms with Crippen molar-refractivity contribution < 1.29 is 17.9 Å². The lowest BCUT2D eigenvalue weighted by Crippen LogP contribution is -2.31. The van der Waals surface area contributed by atoms with E-state index in [4.69, 9.17) is 5.11 Å². The van der Waals surface area contributed by atoms with Gasteiger partial charge in [0.1, 0.15) is 0 Å². The zero-order valence-corrected chi connectivity index (χ0v) is 11.2. The Kier molecular flexibility index (Phi) is 5.06. The highest BCUT2D eigenvalue weighted by atomic mass is 32.2. The van der Waals surface area contributed by atoms with Gasteiger partial charge in [0, 0.05) is 27.2 Å². The Balaban J connectivity index is 2.41. The summed E-state index contributed by atoms with van der Waals surface area (Å²) in [6.07, 6.45) is 0. The van der Waals surface area contributed by atoms with Gasteiger partial charge in [-0.2, -0.15) is 0 Å². The van der Waals surface area contributed by atoms with Crippen LogP contribution in [0.1, 0.15) is 5.56 Å². The van der Waals surface area contributed by atoms with E-state index >= 15 is 0 Å². The summed E-state index contributed by atoms with van der Waals surface area (Å²) in [5.41, 5.74) is 0.646. The van der Waals surface area contributed by atoms with E-state index in [1.54, 1.807) is 6.07 Å². The number of rotatable bonds is 6. The van der Waals surface area contributed by atoms with Gasteiger partial charge in [-0.25, -0.2) is 17.1 Å². The van der Waals surface area contributed by atoms with Gasteiger partial charge in [-0.05, 0) is 17.7 Å². The van der Waals surface area contributed by atoms with Gasteiger partial charge < -0.3 is 10.4 Å². The molecule has 0 unspecified atom stereocenters. The van der Waals surface area contributed by atoms with Crippen molar-refractivity contribution in [2.24, 2.45) is 0 Å². The maximum Gasteiger partial charge on any atom is 0.214 e.